The molecule has 0 aliphatic carbocycles. The SMILES string of the molecule is CN1CCn2nc(C(=O)N3C[C@H]4C[C@@H](C3)[C@H](CO)N3C(=O)CCC[C@@H]43)cc2C1=O. The number of carbonyl (C=O) groups is 3. The third-order valence-corrected chi connectivity index (χ3v) is 7.18. The second kappa shape index (κ2) is 6.83. The molecule has 29 heavy (non-hydrogen) atoms. The number of rotatable bonds is 2. The van der Waals surface area contributed by atoms with Crippen LogP contribution in [0.3, 0.4) is 0 Å². The Hall–Kier alpha value is -2.42. The van der Waals surface area contributed by atoms with Crippen LogP contribution < -0.4 is 0 Å². The van der Waals surface area contributed by atoms with Crippen LogP contribution in [0, 0.1) is 11.8 Å². The number of aromatic nitrogens is 2. The van der Waals surface area contributed by atoms with Crippen LogP contribution in [0.5, 0.6) is 0 Å². The summed E-state index contributed by atoms with van der Waals surface area (Å²) in [5, 5.41) is 14.4. The smallest absolute Gasteiger partial charge is 0.274 e. The first-order valence-corrected chi connectivity index (χ1v) is 10.5. The highest BCUT2D eigenvalue weighted by Gasteiger charge is 2.50. The fourth-order valence-electron chi connectivity index (χ4n) is 5.74. The summed E-state index contributed by atoms with van der Waals surface area (Å²) in [5.41, 5.74) is 0.761. The number of aliphatic hydroxyl groups is 1. The number of piperidine rings is 3. The average Bonchev–Trinajstić information content (AvgIpc) is 3.16. The Balaban J connectivity index is 1.40. The Bertz CT molecular complexity index is 853. The molecule has 1 aromatic rings. The van der Waals surface area contributed by atoms with Crippen molar-refractivity contribution in [3.63, 3.8) is 0 Å². The van der Waals surface area contributed by atoms with Crippen molar-refractivity contribution in [2.45, 2.75) is 44.3 Å². The molecule has 2 bridgehead atoms. The molecule has 3 amide bonds. The second-order valence-corrected chi connectivity index (χ2v) is 8.84. The molecule has 0 aromatic carbocycles. The zero-order valence-electron chi connectivity index (χ0n) is 16.7. The molecular formula is C20H27N5O4. The lowest BCUT2D eigenvalue weighted by atomic mass is 9.72. The van der Waals surface area contributed by atoms with Gasteiger partial charge in [0, 0.05) is 45.2 Å². The van der Waals surface area contributed by atoms with Crippen LogP contribution in [0.25, 0.3) is 0 Å². The summed E-state index contributed by atoms with van der Waals surface area (Å²) >= 11 is 0. The van der Waals surface area contributed by atoms with Gasteiger partial charge in [0.1, 0.15) is 5.69 Å². The van der Waals surface area contributed by atoms with E-state index in [4.69, 9.17) is 0 Å². The molecule has 9 heteroatoms. The topological polar surface area (TPSA) is 99.0 Å². The summed E-state index contributed by atoms with van der Waals surface area (Å²) in [6.07, 6.45) is 3.29. The molecule has 156 valence electrons. The maximum Gasteiger partial charge on any atom is 0.274 e. The van der Waals surface area contributed by atoms with E-state index < -0.39 is 0 Å². The predicted octanol–water partition coefficient (Wildman–Crippen LogP) is -0.197. The summed E-state index contributed by atoms with van der Waals surface area (Å²) in [6, 6.07) is 1.49. The molecule has 5 rings (SSSR count). The number of carbonyl (C=O) groups excluding carboxylic acids is 3. The molecule has 0 saturated carbocycles. The van der Waals surface area contributed by atoms with E-state index in [0.717, 1.165) is 19.3 Å². The normalized spacial score (nSPS) is 31.6. The van der Waals surface area contributed by atoms with Crippen LogP contribution in [0.4, 0.5) is 0 Å². The van der Waals surface area contributed by atoms with Crippen molar-refractivity contribution in [1.29, 1.82) is 0 Å². The van der Waals surface area contributed by atoms with Gasteiger partial charge in [-0.1, -0.05) is 0 Å². The molecule has 4 aliphatic heterocycles. The molecule has 4 aliphatic rings. The molecule has 5 heterocycles. The first-order valence-electron chi connectivity index (χ1n) is 10.5. The van der Waals surface area contributed by atoms with Crippen molar-refractivity contribution in [3.05, 3.63) is 17.5 Å². The minimum absolute atomic E-state index is 0.0682. The Kier molecular flexibility index (Phi) is 4.38. The number of likely N-dealkylation sites (tertiary alicyclic amines) is 1. The lowest BCUT2D eigenvalue weighted by molar-refractivity contribution is -0.154. The second-order valence-electron chi connectivity index (χ2n) is 8.84. The highest BCUT2D eigenvalue weighted by atomic mass is 16.3. The van der Waals surface area contributed by atoms with Crippen molar-refractivity contribution < 1.29 is 19.5 Å². The van der Waals surface area contributed by atoms with Gasteiger partial charge in [-0.2, -0.15) is 5.10 Å². The molecule has 0 radical (unpaired) electrons. The number of aliphatic hydroxyl groups excluding tert-OH is 1. The first kappa shape index (κ1) is 18.6. The molecule has 9 nitrogen and oxygen atoms in total. The zero-order chi connectivity index (χ0) is 20.3. The summed E-state index contributed by atoms with van der Waals surface area (Å²) in [6.45, 7) is 2.20. The summed E-state index contributed by atoms with van der Waals surface area (Å²) < 4.78 is 1.62. The summed E-state index contributed by atoms with van der Waals surface area (Å²) in [4.78, 5) is 43.5. The monoisotopic (exact) mass is 401 g/mol. The third kappa shape index (κ3) is 2.86. The molecule has 0 spiro atoms. The van der Waals surface area contributed by atoms with Crippen LogP contribution in [0.15, 0.2) is 6.07 Å². The van der Waals surface area contributed by atoms with E-state index in [1.54, 1.807) is 22.7 Å². The average molecular weight is 401 g/mol. The number of likely N-dealkylation sites (N-methyl/N-ethyl adjacent to an activating group) is 1. The molecule has 1 aromatic heterocycles. The molecular weight excluding hydrogens is 374 g/mol. The summed E-state index contributed by atoms with van der Waals surface area (Å²) in [5.74, 6) is 0.166. The van der Waals surface area contributed by atoms with E-state index in [0.29, 0.717) is 44.0 Å². The van der Waals surface area contributed by atoms with Crippen LogP contribution in [-0.4, -0.2) is 92.7 Å². The van der Waals surface area contributed by atoms with Crippen molar-refractivity contribution in [1.82, 2.24) is 24.5 Å². The van der Waals surface area contributed by atoms with Gasteiger partial charge in [-0.05, 0) is 31.1 Å². The van der Waals surface area contributed by atoms with E-state index in [9.17, 15) is 19.5 Å². The van der Waals surface area contributed by atoms with Crippen LogP contribution in [0.1, 0.15) is 46.7 Å². The highest BCUT2D eigenvalue weighted by Crippen LogP contribution is 2.41. The number of nitrogens with zero attached hydrogens (tertiary/aromatic N) is 5. The van der Waals surface area contributed by atoms with E-state index in [2.05, 4.69) is 5.10 Å². The Labute approximate surface area is 169 Å². The van der Waals surface area contributed by atoms with Crippen LogP contribution in [0.2, 0.25) is 0 Å². The Morgan fingerprint density at radius 2 is 2.03 bits per heavy atom. The third-order valence-electron chi connectivity index (χ3n) is 7.18. The van der Waals surface area contributed by atoms with Gasteiger partial charge in [-0.3, -0.25) is 19.1 Å². The number of hydrogen-bond acceptors (Lipinski definition) is 5. The van der Waals surface area contributed by atoms with Crippen LogP contribution >= 0.6 is 0 Å². The van der Waals surface area contributed by atoms with Gasteiger partial charge in [-0.25, -0.2) is 0 Å². The minimum Gasteiger partial charge on any atom is -0.394 e. The van der Waals surface area contributed by atoms with Crippen molar-refractivity contribution in [3.8, 4) is 0 Å². The van der Waals surface area contributed by atoms with Crippen molar-refractivity contribution in [2.24, 2.45) is 11.8 Å². The minimum atomic E-state index is -0.218. The van der Waals surface area contributed by atoms with Gasteiger partial charge in [0.25, 0.3) is 11.8 Å². The molecule has 3 fully saturated rings. The van der Waals surface area contributed by atoms with Gasteiger partial charge in [0.2, 0.25) is 5.91 Å². The van der Waals surface area contributed by atoms with Gasteiger partial charge in [0.15, 0.2) is 5.69 Å². The van der Waals surface area contributed by atoms with Gasteiger partial charge in [0.05, 0.1) is 19.2 Å². The first-order chi connectivity index (χ1) is 14.0. The molecule has 4 atom stereocenters. The highest BCUT2D eigenvalue weighted by molar-refractivity contribution is 5.98. The zero-order valence-corrected chi connectivity index (χ0v) is 16.7. The van der Waals surface area contributed by atoms with Gasteiger partial charge < -0.3 is 19.8 Å². The van der Waals surface area contributed by atoms with E-state index in [-0.39, 0.29) is 48.2 Å². The Morgan fingerprint density at radius 3 is 2.83 bits per heavy atom. The predicted molar refractivity (Wildman–Crippen MR) is 102 cm³/mol. The van der Waals surface area contributed by atoms with Crippen molar-refractivity contribution in [2.75, 3.05) is 33.3 Å². The van der Waals surface area contributed by atoms with Crippen LogP contribution in [-0.2, 0) is 11.3 Å². The lowest BCUT2D eigenvalue weighted by Crippen LogP contribution is -2.66. The fraction of sp³-hybridized carbons (Fsp3) is 0.700. The Morgan fingerprint density at radius 1 is 1.24 bits per heavy atom. The van der Waals surface area contributed by atoms with E-state index in [1.807, 2.05) is 9.80 Å². The number of amides is 3. The fourth-order valence-corrected chi connectivity index (χ4v) is 5.74. The van der Waals surface area contributed by atoms with Gasteiger partial charge in [-0.15, -0.1) is 0 Å². The number of hydrogen-bond donors (Lipinski definition) is 1. The molecule has 1 N–H and O–H groups in total. The maximum atomic E-state index is 13.2. The maximum absolute atomic E-state index is 13.2. The summed E-state index contributed by atoms with van der Waals surface area (Å²) in [7, 11) is 1.75. The molecule has 0 unspecified atom stereocenters. The van der Waals surface area contributed by atoms with Gasteiger partial charge >= 0.3 is 0 Å². The standard InChI is InChI=1S/C20H27N5O4/c1-22-5-6-24-16(20(22)29)8-14(21-24)19(28)23-9-12-7-13(10-23)17(11-26)25-15(12)3-2-4-18(25)27/h8,12-13,15,17,26H,2-7,9-11H2,1H3/t12-,13+,15+,17+/m1/s1. The largest absolute Gasteiger partial charge is 0.394 e. The van der Waals surface area contributed by atoms with E-state index >= 15 is 0 Å². The quantitative estimate of drug-likeness (QED) is 0.740. The molecule has 3 saturated heterocycles. The van der Waals surface area contributed by atoms with Crippen molar-refractivity contribution >= 4 is 17.7 Å². The lowest BCUT2D eigenvalue weighted by Gasteiger charge is -2.56. The number of fused-ring (bicyclic) bond motifs is 5. The van der Waals surface area contributed by atoms with E-state index in [1.165, 1.54) is 0 Å².